The number of hydrogen-bond acceptors (Lipinski definition) is 5. The van der Waals surface area contributed by atoms with Gasteiger partial charge in [-0.2, -0.15) is 0 Å². The summed E-state index contributed by atoms with van der Waals surface area (Å²) in [5.41, 5.74) is -0.0963. The smallest absolute Gasteiger partial charge is 0.312 e. The predicted molar refractivity (Wildman–Crippen MR) is 75.1 cm³/mol. The Morgan fingerprint density at radius 1 is 1.68 bits per heavy atom. The Hall–Kier alpha value is -1.70. The molecule has 104 valence electrons. The third kappa shape index (κ3) is 3.88. The van der Waals surface area contributed by atoms with Crippen LogP contribution in [0.4, 0.5) is 11.5 Å². The van der Waals surface area contributed by atoms with Gasteiger partial charge in [-0.05, 0) is 15.9 Å². The highest BCUT2D eigenvalue weighted by atomic mass is 79.9. The molecule has 1 rings (SSSR count). The summed E-state index contributed by atoms with van der Waals surface area (Å²) in [5, 5.41) is 13.5. The number of nitro groups is 1. The summed E-state index contributed by atoms with van der Waals surface area (Å²) in [7, 11) is 3.22. The van der Waals surface area contributed by atoms with E-state index in [0.29, 0.717) is 11.0 Å². The van der Waals surface area contributed by atoms with Crippen molar-refractivity contribution in [1.29, 1.82) is 0 Å². The van der Waals surface area contributed by atoms with Crippen LogP contribution in [-0.4, -0.2) is 36.5 Å². The summed E-state index contributed by atoms with van der Waals surface area (Å²) in [5.74, 6) is -0.171. The maximum absolute atomic E-state index is 11.5. The van der Waals surface area contributed by atoms with Gasteiger partial charge in [-0.1, -0.05) is 6.92 Å². The zero-order chi connectivity index (χ0) is 14.6. The number of aromatic nitrogens is 1. The third-order valence-electron chi connectivity index (χ3n) is 2.61. The molecule has 0 aliphatic rings. The molecule has 0 radical (unpaired) electrons. The highest BCUT2D eigenvalue weighted by molar-refractivity contribution is 9.10. The quantitative estimate of drug-likeness (QED) is 0.654. The molecule has 0 aliphatic heterocycles. The maximum Gasteiger partial charge on any atom is 0.312 e. The summed E-state index contributed by atoms with van der Waals surface area (Å²) in [6.07, 6.45) is 1.49. The zero-order valence-electron chi connectivity index (χ0n) is 10.9. The van der Waals surface area contributed by atoms with Gasteiger partial charge in [-0.3, -0.25) is 14.9 Å². The second-order valence-electron chi connectivity index (χ2n) is 4.15. The van der Waals surface area contributed by atoms with E-state index in [1.807, 2.05) is 0 Å². The summed E-state index contributed by atoms with van der Waals surface area (Å²) in [4.78, 5) is 27.6. The number of carbonyl (C=O) groups is 1. The lowest BCUT2D eigenvalue weighted by Crippen LogP contribution is -2.34. The van der Waals surface area contributed by atoms with Crippen LogP contribution in [0.3, 0.4) is 0 Å². The van der Waals surface area contributed by atoms with Gasteiger partial charge in [0.05, 0.1) is 10.8 Å². The van der Waals surface area contributed by atoms with Crippen molar-refractivity contribution < 1.29 is 9.72 Å². The van der Waals surface area contributed by atoms with Gasteiger partial charge in [0.1, 0.15) is 0 Å². The number of hydrogen-bond donors (Lipinski definition) is 1. The van der Waals surface area contributed by atoms with E-state index in [1.165, 1.54) is 12.3 Å². The van der Waals surface area contributed by atoms with Gasteiger partial charge >= 0.3 is 5.69 Å². The van der Waals surface area contributed by atoms with Gasteiger partial charge in [0.2, 0.25) is 11.7 Å². The number of carbonyl (C=O) groups excluding carboxylic acids is 1. The number of amides is 1. The van der Waals surface area contributed by atoms with Crippen LogP contribution in [0, 0.1) is 16.0 Å². The van der Waals surface area contributed by atoms with Crippen LogP contribution in [-0.2, 0) is 4.79 Å². The Kier molecular flexibility index (Phi) is 5.22. The summed E-state index contributed by atoms with van der Waals surface area (Å²) < 4.78 is 0.538. The molecule has 0 saturated heterocycles. The number of pyridine rings is 1. The van der Waals surface area contributed by atoms with Crippen LogP contribution in [0.2, 0.25) is 0 Å². The topological polar surface area (TPSA) is 88.4 Å². The van der Waals surface area contributed by atoms with Crippen LogP contribution in [0.25, 0.3) is 0 Å². The zero-order valence-corrected chi connectivity index (χ0v) is 12.5. The molecule has 1 N–H and O–H groups in total. The molecule has 0 bridgehead atoms. The monoisotopic (exact) mass is 330 g/mol. The number of rotatable bonds is 5. The molecule has 0 aliphatic carbocycles. The van der Waals surface area contributed by atoms with Crippen molar-refractivity contribution in [1.82, 2.24) is 10.3 Å². The van der Waals surface area contributed by atoms with Crippen LogP contribution in [0.15, 0.2) is 16.7 Å². The van der Waals surface area contributed by atoms with E-state index in [-0.39, 0.29) is 23.3 Å². The fraction of sp³-hybridized carbons (Fsp3) is 0.455. The van der Waals surface area contributed by atoms with Gasteiger partial charge in [0.25, 0.3) is 0 Å². The molecule has 0 fully saturated rings. The lowest BCUT2D eigenvalue weighted by Gasteiger charge is -2.21. The molecule has 19 heavy (non-hydrogen) atoms. The standard InChI is InChI=1S/C11H15BrN4O3/c1-7(11(17)13-2)6-15(3)10-9(16(18)19)4-8(12)5-14-10/h4-5,7H,6H2,1-3H3,(H,13,17). The molecule has 0 aromatic carbocycles. The van der Waals surface area contributed by atoms with Gasteiger partial charge < -0.3 is 10.2 Å². The fourth-order valence-corrected chi connectivity index (χ4v) is 2.00. The highest BCUT2D eigenvalue weighted by Crippen LogP contribution is 2.28. The summed E-state index contributed by atoms with van der Waals surface area (Å²) in [6.45, 7) is 2.09. The minimum absolute atomic E-state index is 0.0963. The Bertz CT molecular complexity index is 495. The van der Waals surface area contributed by atoms with Crippen molar-refractivity contribution in [2.45, 2.75) is 6.92 Å². The van der Waals surface area contributed by atoms with E-state index < -0.39 is 4.92 Å². The van der Waals surface area contributed by atoms with Gasteiger partial charge in [0, 0.05) is 37.4 Å². The first-order valence-corrected chi connectivity index (χ1v) is 6.38. The average Bonchev–Trinajstić information content (AvgIpc) is 2.37. The van der Waals surface area contributed by atoms with E-state index in [4.69, 9.17) is 0 Å². The summed E-state index contributed by atoms with van der Waals surface area (Å²) in [6, 6.07) is 1.39. The Morgan fingerprint density at radius 3 is 2.84 bits per heavy atom. The molecule has 7 nitrogen and oxygen atoms in total. The van der Waals surface area contributed by atoms with Crippen LogP contribution in [0.1, 0.15) is 6.92 Å². The van der Waals surface area contributed by atoms with Crippen molar-refractivity contribution in [2.75, 3.05) is 25.5 Å². The van der Waals surface area contributed by atoms with E-state index in [2.05, 4.69) is 26.2 Å². The molecule has 0 saturated carbocycles. The first-order chi connectivity index (χ1) is 8.86. The molecular formula is C11H15BrN4O3. The van der Waals surface area contributed by atoms with E-state index in [0.717, 1.165) is 0 Å². The maximum atomic E-state index is 11.5. The number of nitrogens with zero attached hydrogens (tertiary/aromatic N) is 3. The Labute approximate surface area is 119 Å². The van der Waals surface area contributed by atoms with Crippen molar-refractivity contribution in [3.63, 3.8) is 0 Å². The molecule has 8 heteroatoms. The van der Waals surface area contributed by atoms with Crippen LogP contribution in [0.5, 0.6) is 0 Å². The van der Waals surface area contributed by atoms with Crippen molar-refractivity contribution >= 4 is 33.3 Å². The van der Waals surface area contributed by atoms with Crippen molar-refractivity contribution in [2.24, 2.45) is 5.92 Å². The number of anilines is 1. The van der Waals surface area contributed by atoms with Gasteiger partial charge in [-0.25, -0.2) is 4.98 Å². The second kappa shape index (κ2) is 6.46. The minimum atomic E-state index is -0.492. The van der Waals surface area contributed by atoms with E-state index in [9.17, 15) is 14.9 Å². The van der Waals surface area contributed by atoms with Crippen molar-refractivity contribution in [3.05, 3.63) is 26.9 Å². The lowest BCUT2D eigenvalue weighted by molar-refractivity contribution is -0.384. The normalized spacial score (nSPS) is 11.8. The summed E-state index contributed by atoms with van der Waals surface area (Å²) >= 11 is 3.15. The number of halogens is 1. The third-order valence-corrected chi connectivity index (χ3v) is 3.05. The highest BCUT2D eigenvalue weighted by Gasteiger charge is 2.22. The molecular weight excluding hydrogens is 316 g/mol. The molecule has 1 aromatic rings. The van der Waals surface area contributed by atoms with Crippen LogP contribution >= 0.6 is 15.9 Å². The number of nitrogens with one attached hydrogen (secondary N) is 1. The predicted octanol–water partition coefficient (Wildman–Crippen LogP) is 1.57. The van der Waals surface area contributed by atoms with Crippen molar-refractivity contribution in [3.8, 4) is 0 Å². The molecule has 1 heterocycles. The SMILES string of the molecule is CNC(=O)C(C)CN(C)c1ncc(Br)cc1[N+](=O)[O-]. The van der Waals surface area contributed by atoms with E-state index in [1.54, 1.807) is 25.9 Å². The Morgan fingerprint density at radius 2 is 2.32 bits per heavy atom. The molecule has 1 aromatic heterocycles. The average molecular weight is 331 g/mol. The van der Waals surface area contributed by atoms with Gasteiger partial charge in [0.15, 0.2) is 0 Å². The first-order valence-electron chi connectivity index (χ1n) is 5.59. The molecule has 1 atom stereocenters. The Balaban J connectivity index is 2.96. The lowest BCUT2D eigenvalue weighted by atomic mass is 10.1. The molecule has 1 amide bonds. The fourth-order valence-electron chi connectivity index (χ4n) is 1.68. The molecule has 1 unspecified atom stereocenters. The van der Waals surface area contributed by atoms with E-state index >= 15 is 0 Å². The first kappa shape index (κ1) is 15.4. The second-order valence-corrected chi connectivity index (χ2v) is 5.06. The minimum Gasteiger partial charge on any atom is -0.359 e. The molecule has 0 spiro atoms. The van der Waals surface area contributed by atoms with Crippen LogP contribution < -0.4 is 10.2 Å². The van der Waals surface area contributed by atoms with Gasteiger partial charge in [-0.15, -0.1) is 0 Å². The largest absolute Gasteiger partial charge is 0.359 e.